The fourth-order valence-electron chi connectivity index (χ4n) is 2.11. The smallest absolute Gasteiger partial charge is 0.123 e. The van der Waals surface area contributed by atoms with E-state index < -0.39 is 0 Å². The molecular weight excluding hydrogens is 150 g/mol. The molecule has 0 aliphatic carbocycles. The minimum absolute atomic E-state index is 1.10. The zero-order valence-electron chi connectivity index (χ0n) is 7.93. The monoisotopic (exact) mass is 167 g/mol. The summed E-state index contributed by atoms with van der Waals surface area (Å²) >= 11 is 0. The fourth-order valence-corrected chi connectivity index (χ4v) is 2.11. The third-order valence-corrected chi connectivity index (χ3v) is 2.70. The lowest BCUT2D eigenvalue weighted by Gasteiger charge is -2.40. The van der Waals surface area contributed by atoms with Gasteiger partial charge in [0.1, 0.15) is 5.82 Å². The second-order valence-corrected chi connectivity index (χ2v) is 3.68. The maximum Gasteiger partial charge on any atom is 0.123 e. The van der Waals surface area contributed by atoms with Crippen molar-refractivity contribution in [3.8, 4) is 0 Å². The molecule has 3 nitrogen and oxygen atoms in total. The summed E-state index contributed by atoms with van der Waals surface area (Å²) in [5.74, 6) is 1.41. The first-order chi connectivity index (χ1) is 5.79. The van der Waals surface area contributed by atoms with E-state index in [1.807, 2.05) is 0 Å². The SMILES string of the molecule is CN1CCCC2=C1N(C)CCN2. The van der Waals surface area contributed by atoms with E-state index in [9.17, 15) is 0 Å². The summed E-state index contributed by atoms with van der Waals surface area (Å²) in [6.07, 6.45) is 2.51. The Kier molecular flexibility index (Phi) is 1.87. The summed E-state index contributed by atoms with van der Waals surface area (Å²) in [6, 6.07) is 0. The van der Waals surface area contributed by atoms with Gasteiger partial charge in [-0.05, 0) is 12.8 Å². The highest BCUT2D eigenvalue weighted by atomic mass is 15.3. The molecule has 0 saturated carbocycles. The second kappa shape index (κ2) is 2.88. The highest BCUT2D eigenvalue weighted by Gasteiger charge is 2.22. The Morgan fingerprint density at radius 1 is 1.17 bits per heavy atom. The molecular formula is C9H17N3. The zero-order valence-corrected chi connectivity index (χ0v) is 7.93. The van der Waals surface area contributed by atoms with Gasteiger partial charge in [-0.25, -0.2) is 0 Å². The molecule has 0 aromatic carbocycles. The first-order valence-electron chi connectivity index (χ1n) is 4.68. The summed E-state index contributed by atoms with van der Waals surface area (Å²) in [7, 11) is 4.36. The number of hydrogen-bond donors (Lipinski definition) is 1. The Labute approximate surface area is 74.0 Å². The van der Waals surface area contributed by atoms with Crippen molar-refractivity contribution in [2.75, 3.05) is 33.7 Å². The lowest BCUT2D eigenvalue weighted by atomic mass is 10.1. The molecule has 2 rings (SSSR count). The van der Waals surface area contributed by atoms with Crippen LogP contribution < -0.4 is 5.32 Å². The fraction of sp³-hybridized carbons (Fsp3) is 0.778. The molecule has 2 aliphatic heterocycles. The normalized spacial score (nSPS) is 23.8. The van der Waals surface area contributed by atoms with E-state index in [0.717, 1.165) is 13.1 Å². The highest BCUT2D eigenvalue weighted by Crippen LogP contribution is 2.22. The highest BCUT2D eigenvalue weighted by molar-refractivity contribution is 5.15. The van der Waals surface area contributed by atoms with E-state index in [1.54, 1.807) is 0 Å². The van der Waals surface area contributed by atoms with E-state index in [4.69, 9.17) is 0 Å². The van der Waals surface area contributed by atoms with Crippen LogP contribution in [-0.4, -0.2) is 43.5 Å². The van der Waals surface area contributed by atoms with E-state index >= 15 is 0 Å². The van der Waals surface area contributed by atoms with Crippen molar-refractivity contribution >= 4 is 0 Å². The van der Waals surface area contributed by atoms with Crippen LogP contribution in [0.3, 0.4) is 0 Å². The van der Waals surface area contributed by atoms with Gasteiger partial charge in [0.25, 0.3) is 0 Å². The molecule has 0 aromatic heterocycles. The van der Waals surface area contributed by atoms with Gasteiger partial charge in [0.2, 0.25) is 0 Å². The molecule has 3 heteroatoms. The molecule has 0 aromatic rings. The first-order valence-corrected chi connectivity index (χ1v) is 4.68. The Hall–Kier alpha value is -0.860. The number of nitrogens with one attached hydrogen (secondary N) is 1. The molecule has 2 heterocycles. The van der Waals surface area contributed by atoms with Crippen molar-refractivity contribution in [1.82, 2.24) is 15.1 Å². The Morgan fingerprint density at radius 2 is 1.92 bits per heavy atom. The van der Waals surface area contributed by atoms with Crippen molar-refractivity contribution in [1.29, 1.82) is 0 Å². The molecule has 0 radical (unpaired) electrons. The lowest BCUT2D eigenvalue weighted by molar-refractivity contribution is 0.222. The third-order valence-electron chi connectivity index (χ3n) is 2.70. The molecule has 0 unspecified atom stereocenters. The third kappa shape index (κ3) is 1.13. The lowest BCUT2D eigenvalue weighted by Crippen LogP contribution is -2.45. The maximum atomic E-state index is 3.48. The van der Waals surface area contributed by atoms with Crippen molar-refractivity contribution in [2.45, 2.75) is 12.8 Å². The van der Waals surface area contributed by atoms with Crippen LogP contribution in [-0.2, 0) is 0 Å². The summed E-state index contributed by atoms with van der Waals surface area (Å²) < 4.78 is 0. The van der Waals surface area contributed by atoms with Crippen molar-refractivity contribution in [3.63, 3.8) is 0 Å². The van der Waals surface area contributed by atoms with E-state index in [2.05, 4.69) is 29.2 Å². The van der Waals surface area contributed by atoms with Gasteiger partial charge >= 0.3 is 0 Å². The van der Waals surface area contributed by atoms with Gasteiger partial charge < -0.3 is 15.1 Å². The molecule has 0 spiro atoms. The summed E-state index contributed by atoms with van der Waals surface area (Å²) in [5, 5.41) is 3.48. The molecule has 0 atom stereocenters. The minimum atomic E-state index is 1.10. The van der Waals surface area contributed by atoms with Gasteiger partial charge in [0.15, 0.2) is 0 Å². The average Bonchev–Trinajstić information content (AvgIpc) is 2.04. The Morgan fingerprint density at radius 3 is 2.67 bits per heavy atom. The van der Waals surface area contributed by atoms with Crippen LogP contribution in [0.1, 0.15) is 12.8 Å². The van der Waals surface area contributed by atoms with Gasteiger partial charge in [-0.1, -0.05) is 0 Å². The minimum Gasteiger partial charge on any atom is -0.384 e. The molecule has 2 aliphatic rings. The second-order valence-electron chi connectivity index (χ2n) is 3.68. The number of nitrogens with zero attached hydrogens (tertiary/aromatic N) is 2. The van der Waals surface area contributed by atoms with Crippen LogP contribution in [0.25, 0.3) is 0 Å². The van der Waals surface area contributed by atoms with Crippen molar-refractivity contribution in [2.24, 2.45) is 0 Å². The number of allylic oxidation sites excluding steroid dienone is 1. The van der Waals surface area contributed by atoms with Crippen molar-refractivity contribution in [3.05, 3.63) is 11.5 Å². The molecule has 1 N–H and O–H groups in total. The van der Waals surface area contributed by atoms with E-state index in [1.165, 1.54) is 30.9 Å². The molecule has 68 valence electrons. The van der Waals surface area contributed by atoms with Crippen molar-refractivity contribution < 1.29 is 0 Å². The summed E-state index contributed by atoms with van der Waals surface area (Å²) in [5.41, 5.74) is 1.44. The van der Waals surface area contributed by atoms with Gasteiger partial charge in [-0.2, -0.15) is 0 Å². The van der Waals surface area contributed by atoms with Crippen LogP contribution in [0.4, 0.5) is 0 Å². The van der Waals surface area contributed by atoms with Gasteiger partial charge in [-0.15, -0.1) is 0 Å². The average molecular weight is 167 g/mol. The molecule has 12 heavy (non-hydrogen) atoms. The topological polar surface area (TPSA) is 18.5 Å². The summed E-state index contributed by atoms with van der Waals surface area (Å²) in [6.45, 7) is 3.43. The number of hydrogen-bond acceptors (Lipinski definition) is 3. The first kappa shape index (κ1) is 7.77. The standard InChI is InChI=1S/C9H17N3/c1-11-6-3-4-8-9(11)12(2)7-5-10-8/h10H,3-7H2,1-2H3. The Balaban J connectivity index is 2.27. The number of likely N-dealkylation sites (N-methyl/N-ethyl adjacent to an activating group) is 1. The van der Waals surface area contributed by atoms with E-state index in [0.29, 0.717) is 0 Å². The van der Waals surface area contributed by atoms with Gasteiger partial charge in [-0.3, -0.25) is 0 Å². The summed E-state index contributed by atoms with van der Waals surface area (Å²) in [4.78, 5) is 4.70. The van der Waals surface area contributed by atoms with Crippen LogP contribution in [0, 0.1) is 0 Å². The van der Waals surface area contributed by atoms with Gasteiger partial charge in [0, 0.05) is 33.7 Å². The molecule has 0 saturated heterocycles. The maximum absolute atomic E-state index is 3.48. The van der Waals surface area contributed by atoms with Crippen LogP contribution >= 0.6 is 0 Å². The predicted molar refractivity (Wildman–Crippen MR) is 49.5 cm³/mol. The van der Waals surface area contributed by atoms with Crippen LogP contribution in [0.5, 0.6) is 0 Å². The molecule has 0 fully saturated rings. The quantitative estimate of drug-likeness (QED) is 0.564. The molecule has 0 amide bonds. The Bertz CT molecular complexity index is 190. The number of rotatable bonds is 0. The predicted octanol–water partition coefficient (Wildman–Crippen LogP) is 0.416. The molecule has 0 bridgehead atoms. The zero-order chi connectivity index (χ0) is 8.55. The van der Waals surface area contributed by atoms with Crippen LogP contribution in [0.2, 0.25) is 0 Å². The largest absolute Gasteiger partial charge is 0.384 e. The van der Waals surface area contributed by atoms with Gasteiger partial charge in [0.05, 0.1) is 5.70 Å². The van der Waals surface area contributed by atoms with E-state index in [-0.39, 0.29) is 0 Å². The van der Waals surface area contributed by atoms with Crippen LogP contribution in [0.15, 0.2) is 11.5 Å².